The number of nitrogens with one attached hydrogen (secondary N) is 2. The van der Waals surface area contributed by atoms with Gasteiger partial charge in [-0.2, -0.15) is 0 Å². The molecule has 0 saturated carbocycles. The molecule has 1 aliphatic rings. The van der Waals surface area contributed by atoms with Crippen LogP contribution in [0.3, 0.4) is 0 Å². The molecule has 0 unspecified atom stereocenters. The van der Waals surface area contributed by atoms with Crippen LogP contribution in [-0.2, 0) is 6.54 Å². The molecule has 2 heterocycles. The van der Waals surface area contributed by atoms with Crippen LogP contribution in [0.5, 0.6) is 0 Å². The van der Waals surface area contributed by atoms with Crippen molar-refractivity contribution in [3.8, 4) is 0 Å². The lowest BCUT2D eigenvalue weighted by molar-refractivity contribution is 0.144. The van der Waals surface area contributed by atoms with Gasteiger partial charge in [0.1, 0.15) is 0 Å². The minimum atomic E-state index is 0.716. The molecule has 0 aromatic carbocycles. The van der Waals surface area contributed by atoms with Gasteiger partial charge in [0.25, 0.3) is 0 Å². The minimum Gasteiger partial charge on any atom is -0.347 e. The number of likely N-dealkylation sites (N-methyl/N-ethyl adjacent to an activating group) is 1. The molecule has 0 spiro atoms. The van der Waals surface area contributed by atoms with E-state index in [1.165, 1.54) is 5.69 Å². The van der Waals surface area contributed by atoms with Crippen LogP contribution in [0, 0.1) is 0 Å². The van der Waals surface area contributed by atoms with Gasteiger partial charge in [-0.3, -0.25) is 4.90 Å². The Morgan fingerprint density at radius 2 is 2.46 bits per heavy atom. The molecule has 0 radical (unpaired) electrons. The van der Waals surface area contributed by atoms with E-state index in [-0.39, 0.29) is 0 Å². The Morgan fingerprint density at radius 1 is 1.62 bits per heavy atom. The molecular formula is C9H16N4. The van der Waals surface area contributed by atoms with E-state index in [2.05, 4.69) is 27.1 Å². The SMILES string of the molecule is CCN(Cc1cnc[nH]1)C1CNC1. The molecule has 1 saturated heterocycles. The lowest BCUT2D eigenvalue weighted by Gasteiger charge is -2.37. The number of imidazole rings is 1. The van der Waals surface area contributed by atoms with E-state index in [0.29, 0.717) is 6.04 Å². The Kier molecular flexibility index (Phi) is 2.61. The van der Waals surface area contributed by atoms with Crippen molar-refractivity contribution < 1.29 is 0 Å². The Morgan fingerprint density at radius 3 is 2.92 bits per heavy atom. The number of nitrogens with zero attached hydrogens (tertiary/aromatic N) is 2. The van der Waals surface area contributed by atoms with Crippen molar-refractivity contribution >= 4 is 0 Å². The molecule has 0 amide bonds. The molecular weight excluding hydrogens is 164 g/mol. The molecule has 1 aromatic heterocycles. The zero-order valence-corrected chi connectivity index (χ0v) is 7.95. The highest BCUT2D eigenvalue weighted by molar-refractivity contribution is 4.96. The summed E-state index contributed by atoms with van der Waals surface area (Å²) in [6, 6.07) is 0.716. The zero-order valence-electron chi connectivity index (χ0n) is 7.95. The van der Waals surface area contributed by atoms with Gasteiger partial charge in [-0.15, -0.1) is 0 Å². The van der Waals surface area contributed by atoms with Crippen molar-refractivity contribution in [2.45, 2.75) is 19.5 Å². The average Bonchev–Trinajstić information content (AvgIpc) is 2.52. The van der Waals surface area contributed by atoms with Crippen LogP contribution in [0.1, 0.15) is 12.6 Å². The number of aromatic amines is 1. The average molecular weight is 180 g/mol. The van der Waals surface area contributed by atoms with Gasteiger partial charge >= 0.3 is 0 Å². The van der Waals surface area contributed by atoms with E-state index < -0.39 is 0 Å². The van der Waals surface area contributed by atoms with Gasteiger partial charge in [0.05, 0.1) is 6.33 Å². The fourth-order valence-corrected chi connectivity index (χ4v) is 1.62. The van der Waals surface area contributed by atoms with Gasteiger partial charge < -0.3 is 10.3 Å². The van der Waals surface area contributed by atoms with Gasteiger partial charge in [-0.05, 0) is 6.54 Å². The Labute approximate surface area is 78.4 Å². The summed E-state index contributed by atoms with van der Waals surface area (Å²) in [5, 5.41) is 3.29. The first kappa shape index (κ1) is 8.72. The van der Waals surface area contributed by atoms with Gasteiger partial charge in [-0.25, -0.2) is 4.98 Å². The smallest absolute Gasteiger partial charge is 0.0922 e. The maximum atomic E-state index is 4.01. The standard InChI is InChI=1S/C9H16N4/c1-2-13(9-4-10-5-9)6-8-3-11-7-12-8/h3,7,9-10H,2,4-6H2,1H3,(H,11,12). The third kappa shape index (κ3) is 1.89. The summed E-state index contributed by atoms with van der Waals surface area (Å²) in [5.74, 6) is 0. The lowest BCUT2D eigenvalue weighted by Crippen LogP contribution is -2.56. The van der Waals surface area contributed by atoms with Crippen LogP contribution in [-0.4, -0.2) is 40.5 Å². The van der Waals surface area contributed by atoms with E-state index in [9.17, 15) is 0 Å². The molecule has 1 aromatic rings. The normalized spacial score (nSPS) is 17.7. The van der Waals surface area contributed by atoms with E-state index in [0.717, 1.165) is 26.2 Å². The highest BCUT2D eigenvalue weighted by Gasteiger charge is 2.23. The first-order valence-electron chi connectivity index (χ1n) is 4.82. The first-order chi connectivity index (χ1) is 6.40. The molecule has 4 nitrogen and oxygen atoms in total. The van der Waals surface area contributed by atoms with Crippen molar-refractivity contribution in [2.75, 3.05) is 19.6 Å². The molecule has 2 N–H and O–H groups in total. The quantitative estimate of drug-likeness (QED) is 0.696. The predicted octanol–water partition coefficient (Wildman–Crippen LogP) is 0.203. The van der Waals surface area contributed by atoms with Crippen molar-refractivity contribution in [1.29, 1.82) is 0 Å². The summed E-state index contributed by atoms with van der Waals surface area (Å²) in [6.45, 7) is 6.55. The number of hydrogen-bond donors (Lipinski definition) is 2. The second-order valence-electron chi connectivity index (χ2n) is 3.45. The monoisotopic (exact) mass is 180 g/mol. The van der Waals surface area contributed by atoms with E-state index in [1.807, 2.05) is 6.20 Å². The van der Waals surface area contributed by atoms with Gasteiger partial charge in [0.2, 0.25) is 0 Å². The van der Waals surface area contributed by atoms with E-state index in [4.69, 9.17) is 0 Å². The topological polar surface area (TPSA) is 44.0 Å². The summed E-state index contributed by atoms with van der Waals surface area (Å²) in [6.07, 6.45) is 3.64. The second kappa shape index (κ2) is 3.89. The number of hydrogen-bond acceptors (Lipinski definition) is 3. The molecule has 1 aliphatic heterocycles. The molecule has 0 aliphatic carbocycles. The Bertz CT molecular complexity index is 240. The van der Waals surface area contributed by atoms with Gasteiger partial charge in [-0.1, -0.05) is 6.92 Å². The van der Waals surface area contributed by atoms with Crippen LogP contribution in [0.2, 0.25) is 0 Å². The van der Waals surface area contributed by atoms with Crippen molar-refractivity contribution in [1.82, 2.24) is 20.2 Å². The van der Waals surface area contributed by atoms with E-state index in [1.54, 1.807) is 6.33 Å². The third-order valence-electron chi connectivity index (χ3n) is 2.61. The first-order valence-corrected chi connectivity index (χ1v) is 4.82. The van der Waals surface area contributed by atoms with Crippen LogP contribution in [0.25, 0.3) is 0 Å². The maximum Gasteiger partial charge on any atom is 0.0922 e. The van der Waals surface area contributed by atoms with Crippen LogP contribution >= 0.6 is 0 Å². The molecule has 0 atom stereocenters. The Balaban J connectivity index is 1.90. The summed E-state index contributed by atoms with van der Waals surface area (Å²) >= 11 is 0. The molecule has 4 heteroatoms. The Hall–Kier alpha value is -0.870. The summed E-state index contributed by atoms with van der Waals surface area (Å²) < 4.78 is 0. The number of rotatable bonds is 4. The lowest BCUT2D eigenvalue weighted by atomic mass is 10.1. The summed E-state index contributed by atoms with van der Waals surface area (Å²) in [5.41, 5.74) is 1.20. The zero-order chi connectivity index (χ0) is 9.10. The maximum absolute atomic E-state index is 4.01. The molecule has 1 fully saturated rings. The largest absolute Gasteiger partial charge is 0.347 e. The minimum absolute atomic E-state index is 0.716. The highest BCUT2D eigenvalue weighted by atomic mass is 15.2. The summed E-state index contributed by atoms with van der Waals surface area (Å²) in [4.78, 5) is 9.61. The van der Waals surface area contributed by atoms with Crippen LogP contribution in [0.4, 0.5) is 0 Å². The molecule has 0 bridgehead atoms. The third-order valence-corrected chi connectivity index (χ3v) is 2.61. The fourth-order valence-electron chi connectivity index (χ4n) is 1.62. The number of H-pyrrole nitrogens is 1. The highest BCUT2D eigenvalue weighted by Crippen LogP contribution is 2.08. The fraction of sp³-hybridized carbons (Fsp3) is 0.667. The second-order valence-corrected chi connectivity index (χ2v) is 3.45. The molecule has 2 rings (SSSR count). The van der Waals surface area contributed by atoms with E-state index >= 15 is 0 Å². The van der Waals surface area contributed by atoms with Gasteiger partial charge in [0.15, 0.2) is 0 Å². The van der Waals surface area contributed by atoms with Crippen molar-refractivity contribution in [3.63, 3.8) is 0 Å². The number of aromatic nitrogens is 2. The summed E-state index contributed by atoms with van der Waals surface area (Å²) in [7, 11) is 0. The van der Waals surface area contributed by atoms with Crippen molar-refractivity contribution in [3.05, 3.63) is 18.2 Å². The predicted molar refractivity (Wildman–Crippen MR) is 51.3 cm³/mol. The molecule has 72 valence electrons. The van der Waals surface area contributed by atoms with Crippen LogP contribution < -0.4 is 5.32 Å². The van der Waals surface area contributed by atoms with Crippen LogP contribution in [0.15, 0.2) is 12.5 Å². The molecule has 13 heavy (non-hydrogen) atoms. The van der Waals surface area contributed by atoms with Crippen molar-refractivity contribution in [2.24, 2.45) is 0 Å². The van der Waals surface area contributed by atoms with Gasteiger partial charge in [0, 0.05) is 37.6 Å².